The highest BCUT2D eigenvalue weighted by atomic mass is 35.5. The molecule has 1 aromatic carbocycles. The van der Waals surface area contributed by atoms with Gasteiger partial charge in [-0.1, -0.05) is 23.7 Å². The van der Waals surface area contributed by atoms with E-state index in [9.17, 15) is 4.79 Å². The van der Waals surface area contributed by atoms with Gasteiger partial charge in [0.1, 0.15) is 0 Å². The normalized spacial score (nSPS) is 20.5. The van der Waals surface area contributed by atoms with Crippen LogP contribution in [0.2, 0.25) is 5.02 Å². The van der Waals surface area contributed by atoms with Gasteiger partial charge in [-0.3, -0.25) is 4.79 Å². The molecule has 0 saturated carbocycles. The van der Waals surface area contributed by atoms with Crippen LogP contribution in [0.3, 0.4) is 0 Å². The molecule has 1 unspecified atom stereocenters. The van der Waals surface area contributed by atoms with E-state index in [1.165, 1.54) is 0 Å². The third-order valence-electron chi connectivity index (χ3n) is 2.13. The van der Waals surface area contributed by atoms with Crippen molar-refractivity contribution in [1.82, 2.24) is 5.32 Å². The number of nitrogens with two attached hydrogens (primary N) is 1. The summed E-state index contributed by atoms with van der Waals surface area (Å²) in [6.07, 6.45) is 1.70. The number of benzene rings is 1. The predicted molar refractivity (Wildman–Crippen MR) is 54.6 cm³/mol. The van der Waals surface area contributed by atoms with Crippen LogP contribution in [0, 0.1) is 0 Å². The Morgan fingerprint density at radius 2 is 1.93 bits per heavy atom. The van der Waals surface area contributed by atoms with Crippen molar-refractivity contribution in [3.63, 3.8) is 0 Å². The summed E-state index contributed by atoms with van der Waals surface area (Å²) in [5.41, 5.74) is 6.38. The molecule has 0 saturated heterocycles. The molecule has 14 heavy (non-hydrogen) atoms. The minimum absolute atomic E-state index is 0.0928. The zero-order chi connectivity index (χ0) is 10.1. The Kier molecular flexibility index (Phi) is 2.17. The summed E-state index contributed by atoms with van der Waals surface area (Å²) in [7, 11) is 0. The van der Waals surface area contributed by atoms with E-state index in [-0.39, 0.29) is 11.8 Å². The van der Waals surface area contributed by atoms with E-state index in [1.54, 1.807) is 18.2 Å². The molecule has 1 aromatic rings. The molecular formula is C10H9ClN2O. The molecule has 72 valence electrons. The van der Waals surface area contributed by atoms with Gasteiger partial charge in [-0.05, 0) is 23.8 Å². The standard InChI is InChI=1S/C10H9ClN2O/c11-7-3-1-6(2-4-7)8-5-9(12)13-10(8)14/h1-5,8H,12H2,(H,13,14). The minimum Gasteiger partial charge on any atom is -0.385 e. The Hall–Kier alpha value is -1.48. The first-order valence-corrected chi connectivity index (χ1v) is 4.58. The summed E-state index contributed by atoms with van der Waals surface area (Å²) in [5, 5.41) is 3.20. The number of amides is 1. The van der Waals surface area contributed by atoms with Gasteiger partial charge in [0.2, 0.25) is 5.91 Å². The van der Waals surface area contributed by atoms with Crippen LogP contribution in [-0.2, 0) is 4.79 Å². The maximum Gasteiger partial charge on any atom is 0.236 e. The lowest BCUT2D eigenvalue weighted by Crippen LogP contribution is -2.23. The van der Waals surface area contributed by atoms with Crippen molar-refractivity contribution >= 4 is 17.5 Å². The van der Waals surface area contributed by atoms with Crippen molar-refractivity contribution in [3.05, 3.63) is 46.7 Å². The van der Waals surface area contributed by atoms with Crippen molar-refractivity contribution in [1.29, 1.82) is 0 Å². The summed E-state index contributed by atoms with van der Waals surface area (Å²) in [6, 6.07) is 7.16. The summed E-state index contributed by atoms with van der Waals surface area (Å²) in [5.74, 6) is 0.0343. The van der Waals surface area contributed by atoms with Crippen LogP contribution in [0.4, 0.5) is 0 Å². The molecular weight excluding hydrogens is 200 g/mol. The number of halogens is 1. The zero-order valence-corrected chi connectivity index (χ0v) is 8.08. The van der Waals surface area contributed by atoms with Gasteiger partial charge in [0.15, 0.2) is 0 Å². The van der Waals surface area contributed by atoms with E-state index in [4.69, 9.17) is 17.3 Å². The smallest absolute Gasteiger partial charge is 0.236 e. The molecule has 1 aliphatic rings. The molecule has 1 heterocycles. The van der Waals surface area contributed by atoms with Crippen LogP contribution >= 0.6 is 11.6 Å². The molecule has 1 aliphatic heterocycles. The van der Waals surface area contributed by atoms with E-state index in [0.717, 1.165) is 5.56 Å². The molecule has 0 spiro atoms. The number of hydrogen-bond donors (Lipinski definition) is 2. The highest BCUT2D eigenvalue weighted by Gasteiger charge is 2.24. The quantitative estimate of drug-likeness (QED) is 0.732. The fourth-order valence-electron chi connectivity index (χ4n) is 1.43. The van der Waals surface area contributed by atoms with Crippen LogP contribution in [0.5, 0.6) is 0 Å². The van der Waals surface area contributed by atoms with Crippen LogP contribution in [0.15, 0.2) is 36.2 Å². The van der Waals surface area contributed by atoms with Crippen molar-refractivity contribution < 1.29 is 4.79 Å². The summed E-state index contributed by atoms with van der Waals surface area (Å²) in [6.45, 7) is 0. The van der Waals surface area contributed by atoms with Crippen LogP contribution in [0.1, 0.15) is 11.5 Å². The van der Waals surface area contributed by atoms with E-state index in [1.807, 2.05) is 12.1 Å². The zero-order valence-electron chi connectivity index (χ0n) is 7.33. The first kappa shape index (κ1) is 9.09. The SMILES string of the molecule is NC1=CC(c2ccc(Cl)cc2)C(=O)N1. The highest BCUT2D eigenvalue weighted by molar-refractivity contribution is 6.30. The molecule has 3 N–H and O–H groups in total. The fraction of sp³-hybridized carbons (Fsp3) is 0.100. The Labute approximate surface area is 86.6 Å². The van der Waals surface area contributed by atoms with Crippen LogP contribution in [-0.4, -0.2) is 5.91 Å². The number of carbonyl (C=O) groups excluding carboxylic acids is 1. The Morgan fingerprint density at radius 3 is 2.43 bits per heavy atom. The topological polar surface area (TPSA) is 55.1 Å². The monoisotopic (exact) mass is 208 g/mol. The number of nitrogens with one attached hydrogen (secondary N) is 1. The van der Waals surface area contributed by atoms with Crippen LogP contribution in [0.25, 0.3) is 0 Å². The first-order chi connectivity index (χ1) is 6.66. The van der Waals surface area contributed by atoms with Crippen LogP contribution < -0.4 is 11.1 Å². The van der Waals surface area contributed by atoms with Crippen molar-refractivity contribution in [3.8, 4) is 0 Å². The van der Waals surface area contributed by atoms with Gasteiger partial charge in [0.05, 0.1) is 11.7 Å². The molecule has 0 aromatic heterocycles. The first-order valence-electron chi connectivity index (χ1n) is 4.20. The van der Waals surface area contributed by atoms with Gasteiger partial charge in [-0.15, -0.1) is 0 Å². The maximum atomic E-state index is 11.4. The van der Waals surface area contributed by atoms with Gasteiger partial charge < -0.3 is 11.1 Å². The molecule has 1 amide bonds. The summed E-state index contributed by atoms with van der Waals surface area (Å²) >= 11 is 5.74. The van der Waals surface area contributed by atoms with E-state index < -0.39 is 0 Å². The summed E-state index contributed by atoms with van der Waals surface area (Å²) < 4.78 is 0. The van der Waals surface area contributed by atoms with Gasteiger partial charge in [0, 0.05) is 5.02 Å². The van der Waals surface area contributed by atoms with Gasteiger partial charge in [-0.2, -0.15) is 0 Å². The molecule has 0 fully saturated rings. The lowest BCUT2D eigenvalue weighted by molar-refractivity contribution is -0.120. The molecule has 0 radical (unpaired) electrons. The molecule has 3 nitrogen and oxygen atoms in total. The van der Waals surface area contributed by atoms with Gasteiger partial charge >= 0.3 is 0 Å². The Balaban J connectivity index is 2.32. The molecule has 1 atom stereocenters. The predicted octanol–water partition coefficient (Wildman–Crippen LogP) is 1.35. The number of rotatable bonds is 1. The second-order valence-corrected chi connectivity index (χ2v) is 3.58. The third-order valence-corrected chi connectivity index (χ3v) is 2.38. The molecule has 4 heteroatoms. The number of carbonyl (C=O) groups is 1. The molecule has 0 aliphatic carbocycles. The Morgan fingerprint density at radius 1 is 1.29 bits per heavy atom. The largest absolute Gasteiger partial charge is 0.385 e. The average Bonchev–Trinajstić information content (AvgIpc) is 2.47. The second-order valence-electron chi connectivity index (χ2n) is 3.14. The third kappa shape index (κ3) is 1.59. The van der Waals surface area contributed by atoms with Crippen molar-refractivity contribution in [2.45, 2.75) is 5.92 Å². The minimum atomic E-state index is -0.285. The van der Waals surface area contributed by atoms with Crippen molar-refractivity contribution in [2.75, 3.05) is 0 Å². The fourth-order valence-corrected chi connectivity index (χ4v) is 1.56. The molecule has 0 bridgehead atoms. The maximum absolute atomic E-state index is 11.4. The van der Waals surface area contributed by atoms with E-state index in [2.05, 4.69) is 5.32 Å². The highest BCUT2D eigenvalue weighted by Crippen LogP contribution is 2.23. The lowest BCUT2D eigenvalue weighted by atomic mass is 10.0. The van der Waals surface area contributed by atoms with E-state index in [0.29, 0.717) is 10.8 Å². The summed E-state index contributed by atoms with van der Waals surface area (Å²) in [4.78, 5) is 11.4. The van der Waals surface area contributed by atoms with Gasteiger partial charge in [-0.25, -0.2) is 0 Å². The average molecular weight is 209 g/mol. The van der Waals surface area contributed by atoms with Crippen molar-refractivity contribution in [2.24, 2.45) is 5.73 Å². The second kappa shape index (κ2) is 3.35. The Bertz CT molecular complexity index is 397. The van der Waals surface area contributed by atoms with Gasteiger partial charge in [0.25, 0.3) is 0 Å². The van der Waals surface area contributed by atoms with E-state index >= 15 is 0 Å². The lowest BCUT2D eigenvalue weighted by Gasteiger charge is -2.05. The number of hydrogen-bond acceptors (Lipinski definition) is 2. The molecule has 2 rings (SSSR count).